The summed E-state index contributed by atoms with van der Waals surface area (Å²) in [5.74, 6) is 0. The summed E-state index contributed by atoms with van der Waals surface area (Å²) in [4.78, 5) is 4.15. The molecule has 0 saturated heterocycles. The van der Waals surface area contributed by atoms with E-state index in [1.165, 1.54) is 11.3 Å². The molecule has 2 aromatic rings. The molecule has 0 aliphatic rings. The lowest BCUT2D eigenvalue weighted by atomic mass is 10.2. The molecular formula is C11H13N3OS. The van der Waals surface area contributed by atoms with E-state index in [1.807, 2.05) is 24.3 Å². The summed E-state index contributed by atoms with van der Waals surface area (Å²) in [5, 5.41) is 4.72. The maximum atomic E-state index is 5.62. The molecule has 1 aromatic heterocycles. The third-order valence-electron chi connectivity index (χ3n) is 2.08. The van der Waals surface area contributed by atoms with E-state index in [-0.39, 0.29) is 0 Å². The van der Waals surface area contributed by atoms with Gasteiger partial charge in [-0.2, -0.15) is 0 Å². The Bertz CT molecular complexity index is 470. The first-order valence-corrected chi connectivity index (χ1v) is 5.66. The van der Waals surface area contributed by atoms with Crippen molar-refractivity contribution in [2.45, 2.75) is 6.61 Å². The van der Waals surface area contributed by atoms with Crippen molar-refractivity contribution in [3.8, 4) is 0 Å². The Balaban J connectivity index is 2.20. The molecule has 2 rings (SSSR count). The average molecular weight is 235 g/mol. The van der Waals surface area contributed by atoms with Crippen molar-refractivity contribution in [1.82, 2.24) is 4.98 Å². The van der Waals surface area contributed by atoms with Crippen molar-refractivity contribution in [1.29, 1.82) is 0 Å². The van der Waals surface area contributed by atoms with Gasteiger partial charge in [-0.15, -0.1) is 0 Å². The zero-order valence-electron chi connectivity index (χ0n) is 8.93. The number of aromatic nitrogens is 1. The van der Waals surface area contributed by atoms with Gasteiger partial charge in [-0.1, -0.05) is 29.5 Å². The van der Waals surface area contributed by atoms with Crippen LogP contribution in [0.3, 0.4) is 0 Å². The van der Waals surface area contributed by atoms with Crippen LogP contribution in [0.15, 0.2) is 30.5 Å². The Morgan fingerprint density at radius 2 is 2.25 bits per heavy atom. The van der Waals surface area contributed by atoms with Gasteiger partial charge in [0.15, 0.2) is 5.13 Å². The molecule has 0 bridgehead atoms. The maximum absolute atomic E-state index is 5.62. The molecule has 1 aromatic carbocycles. The average Bonchev–Trinajstić information content (AvgIpc) is 2.67. The van der Waals surface area contributed by atoms with Gasteiger partial charge in [0.25, 0.3) is 0 Å². The quantitative estimate of drug-likeness (QED) is 0.855. The Morgan fingerprint density at radius 3 is 2.94 bits per heavy atom. The number of nitrogen functional groups attached to an aromatic ring is 1. The lowest BCUT2D eigenvalue weighted by Gasteiger charge is -2.08. The summed E-state index contributed by atoms with van der Waals surface area (Å²) in [6.07, 6.45) is 1.64. The molecule has 16 heavy (non-hydrogen) atoms. The number of hydrogen-bond acceptors (Lipinski definition) is 5. The molecule has 0 fully saturated rings. The molecule has 0 radical (unpaired) electrons. The number of nitrogens with one attached hydrogen (secondary N) is 1. The van der Waals surface area contributed by atoms with Crippen molar-refractivity contribution in [2.75, 3.05) is 18.2 Å². The highest BCUT2D eigenvalue weighted by molar-refractivity contribution is 7.19. The minimum atomic E-state index is 0.573. The number of hydrogen-bond donors (Lipinski definition) is 2. The monoisotopic (exact) mass is 235 g/mol. The first kappa shape index (κ1) is 10.9. The molecule has 0 spiro atoms. The standard InChI is InChI=1S/C11H13N3OS/c1-15-7-8-4-2-3-5-9(8)14-11-13-6-10(12)16-11/h2-6H,7,12H2,1H3,(H,13,14). The molecule has 84 valence electrons. The van der Waals surface area contributed by atoms with Gasteiger partial charge in [0.2, 0.25) is 0 Å². The van der Waals surface area contributed by atoms with Crippen molar-refractivity contribution in [2.24, 2.45) is 0 Å². The van der Waals surface area contributed by atoms with E-state index in [0.29, 0.717) is 11.6 Å². The van der Waals surface area contributed by atoms with Crippen molar-refractivity contribution in [3.63, 3.8) is 0 Å². The van der Waals surface area contributed by atoms with Gasteiger partial charge in [0.1, 0.15) is 5.00 Å². The maximum Gasteiger partial charge on any atom is 0.189 e. The van der Waals surface area contributed by atoms with Gasteiger partial charge in [0.05, 0.1) is 12.8 Å². The van der Waals surface area contributed by atoms with Crippen LogP contribution in [0, 0.1) is 0 Å². The molecule has 4 nitrogen and oxygen atoms in total. The van der Waals surface area contributed by atoms with E-state index in [4.69, 9.17) is 10.5 Å². The van der Waals surface area contributed by atoms with Crippen LogP contribution < -0.4 is 11.1 Å². The van der Waals surface area contributed by atoms with Gasteiger partial charge in [-0.3, -0.25) is 0 Å². The second-order valence-electron chi connectivity index (χ2n) is 3.28. The summed E-state index contributed by atoms with van der Waals surface area (Å²) in [7, 11) is 1.68. The number of methoxy groups -OCH3 is 1. The number of anilines is 3. The van der Waals surface area contributed by atoms with Crippen LogP contribution in [0.1, 0.15) is 5.56 Å². The highest BCUT2D eigenvalue weighted by Gasteiger charge is 2.04. The first-order chi connectivity index (χ1) is 7.79. The van der Waals surface area contributed by atoms with Gasteiger partial charge in [0, 0.05) is 18.4 Å². The highest BCUT2D eigenvalue weighted by Crippen LogP contribution is 2.26. The van der Waals surface area contributed by atoms with E-state index in [1.54, 1.807) is 13.3 Å². The smallest absolute Gasteiger partial charge is 0.189 e. The van der Waals surface area contributed by atoms with Crippen LogP contribution in [0.5, 0.6) is 0 Å². The Labute approximate surface area is 98.1 Å². The minimum absolute atomic E-state index is 0.573. The van der Waals surface area contributed by atoms with Crippen molar-refractivity contribution in [3.05, 3.63) is 36.0 Å². The molecule has 0 aliphatic heterocycles. The van der Waals surface area contributed by atoms with E-state index in [2.05, 4.69) is 10.3 Å². The number of nitrogens with two attached hydrogens (primary N) is 1. The molecular weight excluding hydrogens is 222 g/mol. The summed E-state index contributed by atoms with van der Waals surface area (Å²) in [5.41, 5.74) is 7.72. The summed E-state index contributed by atoms with van der Waals surface area (Å²) >= 11 is 1.42. The van der Waals surface area contributed by atoms with Crippen LogP contribution >= 0.6 is 11.3 Å². The van der Waals surface area contributed by atoms with E-state index in [9.17, 15) is 0 Å². The number of para-hydroxylation sites is 1. The summed E-state index contributed by atoms with van der Waals surface area (Å²) in [6.45, 7) is 0.573. The van der Waals surface area contributed by atoms with Crippen LogP contribution in [0.4, 0.5) is 15.8 Å². The van der Waals surface area contributed by atoms with Gasteiger partial charge >= 0.3 is 0 Å². The van der Waals surface area contributed by atoms with Gasteiger partial charge < -0.3 is 15.8 Å². The zero-order chi connectivity index (χ0) is 11.4. The topological polar surface area (TPSA) is 60.2 Å². The third kappa shape index (κ3) is 2.50. The molecule has 0 amide bonds. The van der Waals surface area contributed by atoms with Crippen molar-refractivity contribution >= 4 is 27.2 Å². The SMILES string of the molecule is COCc1ccccc1Nc1ncc(N)s1. The Morgan fingerprint density at radius 1 is 1.44 bits per heavy atom. The summed E-state index contributed by atoms with van der Waals surface area (Å²) < 4.78 is 5.13. The normalized spacial score (nSPS) is 10.3. The predicted octanol–water partition coefficient (Wildman–Crippen LogP) is 2.62. The zero-order valence-corrected chi connectivity index (χ0v) is 9.75. The van der Waals surface area contributed by atoms with Crippen LogP contribution in [-0.4, -0.2) is 12.1 Å². The Kier molecular flexibility index (Phi) is 3.38. The van der Waals surface area contributed by atoms with Crippen molar-refractivity contribution < 1.29 is 4.74 Å². The molecule has 0 saturated carbocycles. The van der Waals surface area contributed by atoms with Gasteiger partial charge in [-0.05, 0) is 6.07 Å². The second-order valence-corrected chi connectivity index (χ2v) is 4.35. The minimum Gasteiger partial charge on any atom is -0.389 e. The molecule has 0 atom stereocenters. The first-order valence-electron chi connectivity index (χ1n) is 4.85. The molecule has 0 unspecified atom stereocenters. The van der Waals surface area contributed by atoms with E-state index >= 15 is 0 Å². The molecule has 3 N–H and O–H groups in total. The fraction of sp³-hybridized carbons (Fsp3) is 0.182. The van der Waals surface area contributed by atoms with Gasteiger partial charge in [-0.25, -0.2) is 4.98 Å². The number of benzene rings is 1. The molecule has 0 aliphatic carbocycles. The van der Waals surface area contributed by atoms with E-state index < -0.39 is 0 Å². The third-order valence-corrected chi connectivity index (χ3v) is 2.82. The largest absolute Gasteiger partial charge is 0.389 e. The highest BCUT2D eigenvalue weighted by atomic mass is 32.1. The number of thiazole rings is 1. The van der Waals surface area contributed by atoms with Crippen LogP contribution in [0.2, 0.25) is 0 Å². The summed E-state index contributed by atoms with van der Waals surface area (Å²) in [6, 6.07) is 7.96. The lowest BCUT2D eigenvalue weighted by Crippen LogP contribution is -1.96. The molecule has 1 heterocycles. The second kappa shape index (κ2) is 4.96. The fourth-order valence-electron chi connectivity index (χ4n) is 1.38. The number of ether oxygens (including phenoxy) is 1. The van der Waals surface area contributed by atoms with Crippen LogP contribution in [-0.2, 0) is 11.3 Å². The van der Waals surface area contributed by atoms with E-state index in [0.717, 1.165) is 16.4 Å². The fourth-order valence-corrected chi connectivity index (χ4v) is 1.98. The molecule has 5 heteroatoms. The predicted molar refractivity (Wildman–Crippen MR) is 67.0 cm³/mol. The lowest BCUT2D eigenvalue weighted by molar-refractivity contribution is 0.185. The van der Waals surface area contributed by atoms with Crippen LogP contribution in [0.25, 0.3) is 0 Å². The number of rotatable bonds is 4. The number of nitrogens with zero attached hydrogens (tertiary/aromatic N) is 1. The Hall–Kier alpha value is -1.59.